The standard InChI is InChI=1S/C28H24F5NO4/c29-22-23(30)25(32)27(26(33)24(22)31)38-21(35)13-3-1-2-8-14-34-28(36)37-15-20-18-11-6-4-9-16(18)17-10-5-7-12-19(17)20/h4-7,9-12,20H,1-3,8,13-15H2,(H,34,36). The smallest absolute Gasteiger partial charge is 0.407 e. The number of alkyl carbamates (subject to hydrolysis) is 1. The average molecular weight is 533 g/mol. The van der Waals surface area contributed by atoms with E-state index in [4.69, 9.17) is 4.74 Å². The predicted molar refractivity (Wildman–Crippen MR) is 128 cm³/mol. The van der Waals surface area contributed by atoms with E-state index in [2.05, 4.69) is 10.1 Å². The minimum atomic E-state index is -2.33. The number of hydrogen-bond donors (Lipinski definition) is 1. The zero-order chi connectivity index (χ0) is 27.2. The molecule has 0 saturated carbocycles. The van der Waals surface area contributed by atoms with Crippen molar-refractivity contribution in [2.45, 2.75) is 38.0 Å². The Kier molecular flexibility index (Phi) is 8.60. The Hall–Kier alpha value is -3.95. The van der Waals surface area contributed by atoms with Gasteiger partial charge >= 0.3 is 12.1 Å². The lowest BCUT2D eigenvalue weighted by Gasteiger charge is -2.14. The number of carbonyl (C=O) groups excluding carboxylic acids is 2. The van der Waals surface area contributed by atoms with Crippen LogP contribution in [0.25, 0.3) is 11.1 Å². The van der Waals surface area contributed by atoms with Crippen molar-refractivity contribution < 1.29 is 41.0 Å². The lowest BCUT2D eigenvalue weighted by Crippen LogP contribution is -2.27. The highest BCUT2D eigenvalue weighted by molar-refractivity contribution is 5.79. The van der Waals surface area contributed by atoms with Gasteiger partial charge in [0.15, 0.2) is 0 Å². The van der Waals surface area contributed by atoms with Gasteiger partial charge in [0.2, 0.25) is 34.8 Å². The monoisotopic (exact) mass is 533 g/mol. The average Bonchev–Trinajstić information content (AvgIpc) is 3.25. The maximum absolute atomic E-state index is 13.6. The van der Waals surface area contributed by atoms with Gasteiger partial charge in [0.1, 0.15) is 6.61 Å². The molecule has 0 bridgehead atoms. The Morgan fingerprint density at radius 1 is 0.711 bits per heavy atom. The van der Waals surface area contributed by atoms with Gasteiger partial charge < -0.3 is 14.8 Å². The number of amides is 1. The summed E-state index contributed by atoms with van der Waals surface area (Å²) in [7, 11) is 0. The van der Waals surface area contributed by atoms with E-state index in [1.54, 1.807) is 0 Å². The summed E-state index contributed by atoms with van der Waals surface area (Å²) in [6, 6.07) is 16.0. The number of esters is 1. The minimum absolute atomic E-state index is 0.0437. The van der Waals surface area contributed by atoms with E-state index in [0.29, 0.717) is 25.8 Å². The number of benzene rings is 3. The van der Waals surface area contributed by atoms with Crippen molar-refractivity contribution in [3.63, 3.8) is 0 Å². The van der Waals surface area contributed by atoms with Gasteiger partial charge in [-0.25, -0.2) is 18.0 Å². The van der Waals surface area contributed by atoms with Gasteiger partial charge in [-0.3, -0.25) is 4.79 Å². The summed E-state index contributed by atoms with van der Waals surface area (Å²) in [4.78, 5) is 23.9. The third kappa shape index (κ3) is 5.79. The maximum atomic E-state index is 13.6. The van der Waals surface area contributed by atoms with Crippen molar-refractivity contribution in [1.29, 1.82) is 0 Å². The zero-order valence-corrected chi connectivity index (χ0v) is 20.2. The second kappa shape index (κ2) is 12.1. The lowest BCUT2D eigenvalue weighted by molar-refractivity contribution is -0.135. The van der Waals surface area contributed by atoms with E-state index >= 15 is 0 Å². The van der Waals surface area contributed by atoms with Crippen molar-refractivity contribution in [1.82, 2.24) is 5.32 Å². The van der Waals surface area contributed by atoms with Crippen LogP contribution in [-0.2, 0) is 9.53 Å². The molecular weight excluding hydrogens is 509 g/mol. The van der Waals surface area contributed by atoms with Crippen LogP contribution < -0.4 is 10.1 Å². The summed E-state index contributed by atoms with van der Waals surface area (Å²) in [5.41, 5.74) is 4.49. The number of hydrogen-bond acceptors (Lipinski definition) is 4. The number of rotatable bonds is 10. The topological polar surface area (TPSA) is 64.6 Å². The minimum Gasteiger partial charge on any atom is -0.449 e. The molecule has 0 atom stereocenters. The van der Waals surface area contributed by atoms with E-state index in [1.165, 1.54) is 0 Å². The molecule has 3 aromatic carbocycles. The molecule has 0 aliphatic heterocycles. The van der Waals surface area contributed by atoms with Crippen LogP contribution in [0.1, 0.15) is 49.1 Å². The van der Waals surface area contributed by atoms with Crippen LogP contribution in [0.4, 0.5) is 26.7 Å². The number of nitrogens with one attached hydrogen (secondary N) is 1. The van der Waals surface area contributed by atoms with E-state index in [1.807, 2.05) is 48.5 Å². The largest absolute Gasteiger partial charge is 0.449 e. The van der Waals surface area contributed by atoms with Crippen LogP contribution in [-0.4, -0.2) is 25.2 Å². The number of halogens is 5. The molecule has 1 aliphatic rings. The summed E-state index contributed by atoms with van der Waals surface area (Å²) in [6.45, 7) is 0.538. The molecule has 4 rings (SSSR count). The summed E-state index contributed by atoms with van der Waals surface area (Å²) in [5.74, 6) is -13.9. The quantitative estimate of drug-likeness (QED) is 0.0780. The molecule has 0 spiro atoms. The van der Waals surface area contributed by atoms with Crippen molar-refractivity contribution in [3.8, 4) is 16.9 Å². The van der Waals surface area contributed by atoms with Gasteiger partial charge in [0.25, 0.3) is 0 Å². The van der Waals surface area contributed by atoms with Crippen LogP contribution in [0.2, 0.25) is 0 Å². The molecule has 0 heterocycles. The summed E-state index contributed by atoms with van der Waals surface area (Å²) >= 11 is 0. The SMILES string of the molecule is O=C(CCCCCCNC(=O)OCC1c2ccccc2-c2ccccc21)Oc1c(F)c(F)c(F)c(F)c1F. The van der Waals surface area contributed by atoms with E-state index in [-0.39, 0.29) is 25.4 Å². The Labute approximate surface area is 215 Å². The Morgan fingerprint density at radius 2 is 1.24 bits per heavy atom. The summed E-state index contributed by atoms with van der Waals surface area (Å²) in [6.07, 6.45) is 1.14. The molecule has 0 saturated heterocycles. The molecule has 0 radical (unpaired) electrons. The molecule has 0 unspecified atom stereocenters. The Balaban J connectivity index is 1.13. The van der Waals surface area contributed by atoms with Crippen LogP contribution in [0, 0.1) is 29.1 Å². The summed E-state index contributed by atoms with van der Waals surface area (Å²) < 4.78 is 76.4. The molecule has 1 amide bonds. The van der Waals surface area contributed by atoms with E-state index in [0.717, 1.165) is 22.3 Å². The highest BCUT2D eigenvalue weighted by Crippen LogP contribution is 2.44. The van der Waals surface area contributed by atoms with Gasteiger partial charge in [0.05, 0.1) is 0 Å². The van der Waals surface area contributed by atoms with Crippen molar-refractivity contribution >= 4 is 12.1 Å². The second-order valence-electron chi connectivity index (χ2n) is 8.79. The van der Waals surface area contributed by atoms with Crippen LogP contribution in [0.5, 0.6) is 5.75 Å². The molecule has 3 aromatic rings. The van der Waals surface area contributed by atoms with Crippen LogP contribution in [0.15, 0.2) is 48.5 Å². The number of ether oxygens (including phenoxy) is 2. The molecule has 0 aromatic heterocycles. The molecule has 200 valence electrons. The number of carbonyl (C=O) groups is 2. The van der Waals surface area contributed by atoms with E-state index < -0.39 is 46.9 Å². The zero-order valence-electron chi connectivity index (χ0n) is 20.2. The number of fused-ring (bicyclic) bond motifs is 3. The maximum Gasteiger partial charge on any atom is 0.407 e. The molecular formula is C28H24F5NO4. The molecule has 1 N–H and O–H groups in total. The fourth-order valence-corrected chi connectivity index (χ4v) is 4.43. The van der Waals surface area contributed by atoms with E-state index in [9.17, 15) is 31.5 Å². The first-order chi connectivity index (χ1) is 18.3. The highest BCUT2D eigenvalue weighted by Gasteiger charge is 2.29. The van der Waals surface area contributed by atoms with Crippen molar-refractivity contribution in [2.75, 3.05) is 13.2 Å². The number of unbranched alkanes of at least 4 members (excludes halogenated alkanes) is 3. The molecule has 1 aliphatic carbocycles. The normalized spacial score (nSPS) is 12.1. The third-order valence-corrected chi connectivity index (χ3v) is 6.31. The fraction of sp³-hybridized carbons (Fsp3) is 0.286. The molecule has 0 fully saturated rings. The third-order valence-electron chi connectivity index (χ3n) is 6.31. The Bertz CT molecular complexity index is 1270. The van der Waals surface area contributed by atoms with Gasteiger partial charge in [-0.15, -0.1) is 0 Å². The van der Waals surface area contributed by atoms with Crippen LogP contribution >= 0.6 is 0 Å². The first-order valence-electron chi connectivity index (χ1n) is 12.1. The second-order valence-corrected chi connectivity index (χ2v) is 8.79. The first-order valence-corrected chi connectivity index (χ1v) is 12.1. The Morgan fingerprint density at radius 3 is 1.84 bits per heavy atom. The van der Waals surface area contributed by atoms with Gasteiger partial charge in [-0.1, -0.05) is 61.4 Å². The molecule has 38 heavy (non-hydrogen) atoms. The first kappa shape index (κ1) is 27.1. The highest BCUT2D eigenvalue weighted by atomic mass is 19.2. The fourth-order valence-electron chi connectivity index (χ4n) is 4.43. The van der Waals surface area contributed by atoms with Crippen molar-refractivity contribution in [2.24, 2.45) is 0 Å². The van der Waals surface area contributed by atoms with Crippen molar-refractivity contribution in [3.05, 3.63) is 88.7 Å². The van der Waals surface area contributed by atoms with Crippen LogP contribution in [0.3, 0.4) is 0 Å². The predicted octanol–water partition coefficient (Wildman–Crippen LogP) is 6.78. The lowest BCUT2D eigenvalue weighted by atomic mass is 9.98. The van der Waals surface area contributed by atoms with Gasteiger partial charge in [-0.2, -0.15) is 8.78 Å². The molecule has 10 heteroatoms. The molecule has 5 nitrogen and oxygen atoms in total. The van der Waals surface area contributed by atoms with Gasteiger partial charge in [0, 0.05) is 18.9 Å². The van der Waals surface area contributed by atoms with Gasteiger partial charge in [-0.05, 0) is 35.1 Å². The summed E-state index contributed by atoms with van der Waals surface area (Å²) in [5, 5.41) is 2.68.